The van der Waals surface area contributed by atoms with Crippen molar-refractivity contribution in [2.75, 3.05) is 44.2 Å². The van der Waals surface area contributed by atoms with Gasteiger partial charge in [0.05, 0.1) is 12.2 Å². The molecule has 2 saturated heterocycles. The maximum Gasteiger partial charge on any atom is 0.236 e. The summed E-state index contributed by atoms with van der Waals surface area (Å²) < 4.78 is 14.5. The zero-order valence-electron chi connectivity index (χ0n) is 18.3. The number of halogens is 1. The Morgan fingerprint density at radius 2 is 1.77 bits per heavy atom. The van der Waals surface area contributed by atoms with E-state index < -0.39 is 0 Å². The largest absolute Gasteiger partial charge is 0.366 e. The molecule has 1 atom stereocenters. The number of piperazine rings is 1. The molecule has 2 aliphatic heterocycles. The van der Waals surface area contributed by atoms with E-state index in [4.69, 9.17) is 0 Å². The second-order valence-electron chi connectivity index (χ2n) is 8.58. The number of hydrogen-bond donors (Lipinski definition) is 0. The van der Waals surface area contributed by atoms with Gasteiger partial charge in [0.25, 0.3) is 0 Å². The number of amides is 1. The summed E-state index contributed by atoms with van der Waals surface area (Å²) in [5.41, 5.74) is 3.47. The minimum Gasteiger partial charge on any atom is -0.366 e. The van der Waals surface area contributed by atoms with Crippen LogP contribution >= 0.6 is 0 Å². The van der Waals surface area contributed by atoms with Gasteiger partial charge < -0.3 is 9.80 Å². The van der Waals surface area contributed by atoms with E-state index in [0.29, 0.717) is 50.0 Å². The second-order valence-corrected chi connectivity index (χ2v) is 8.58. The monoisotopic (exact) mass is 423 g/mol. The van der Waals surface area contributed by atoms with E-state index in [1.165, 1.54) is 24.1 Å². The van der Waals surface area contributed by atoms with Crippen molar-refractivity contribution in [1.82, 2.24) is 9.80 Å². The van der Waals surface area contributed by atoms with Crippen LogP contribution in [0.2, 0.25) is 0 Å². The van der Waals surface area contributed by atoms with E-state index in [2.05, 4.69) is 36.1 Å². The van der Waals surface area contributed by atoms with Crippen molar-refractivity contribution in [3.05, 3.63) is 65.0 Å². The third-order valence-electron chi connectivity index (χ3n) is 6.58. The van der Waals surface area contributed by atoms with Gasteiger partial charge in [0.15, 0.2) is 5.78 Å². The number of hydrogen-bond acceptors (Lipinski definition) is 4. The first-order valence-electron chi connectivity index (χ1n) is 11.1. The first-order valence-corrected chi connectivity index (χ1v) is 11.1. The maximum atomic E-state index is 14.5. The number of carbonyl (C=O) groups excluding carboxylic acids is 2. The van der Waals surface area contributed by atoms with Gasteiger partial charge in [-0.1, -0.05) is 24.3 Å². The lowest BCUT2D eigenvalue weighted by Crippen LogP contribution is -2.51. The Morgan fingerprint density at radius 1 is 1.03 bits per heavy atom. The third kappa shape index (κ3) is 4.64. The van der Waals surface area contributed by atoms with Crippen LogP contribution in [-0.2, 0) is 4.79 Å². The first-order chi connectivity index (χ1) is 14.9. The van der Waals surface area contributed by atoms with Crippen LogP contribution in [0.1, 0.15) is 47.3 Å². The summed E-state index contributed by atoms with van der Waals surface area (Å²) in [6, 6.07) is 13.4. The number of benzene rings is 2. The summed E-state index contributed by atoms with van der Waals surface area (Å²) in [5, 5.41) is 0. The molecule has 0 spiro atoms. The highest BCUT2D eigenvalue weighted by molar-refractivity contribution is 5.94. The number of nitrogens with zero attached hydrogens (tertiary/aromatic N) is 3. The zero-order chi connectivity index (χ0) is 22.0. The average Bonchev–Trinajstić information content (AvgIpc) is 3.22. The Kier molecular flexibility index (Phi) is 6.37. The number of ketones is 1. The maximum absolute atomic E-state index is 14.5. The number of likely N-dealkylation sites (tertiary alicyclic amines) is 1. The lowest BCUT2D eigenvalue weighted by Gasteiger charge is -2.37. The quantitative estimate of drug-likeness (QED) is 0.686. The van der Waals surface area contributed by atoms with E-state index in [-0.39, 0.29) is 17.5 Å². The van der Waals surface area contributed by atoms with Crippen molar-refractivity contribution in [3.63, 3.8) is 0 Å². The number of aryl methyl sites for hydroxylation is 1. The van der Waals surface area contributed by atoms with Gasteiger partial charge in [-0.3, -0.25) is 14.5 Å². The molecule has 5 nitrogen and oxygen atoms in total. The van der Waals surface area contributed by atoms with E-state index >= 15 is 0 Å². The summed E-state index contributed by atoms with van der Waals surface area (Å²) in [7, 11) is 0. The molecule has 0 aliphatic carbocycles. The standard InChI is InChI=1S/C25H30FN3O2/c1-18-6-3-4-7-21(18)23-8-5-11-29(23)17-25(31)28-14-12-27(13-15-28)24-10-9-20(19(2)30)16-22(24)26/h3-4,6-7,9-10,16,23H,5,8,11-15,17H2,1-2H3. The van der Waals surface area contributed by atoms with Crippen LogP contribution in [0.4, 0.5) is 10.1 Å². The lowest BCUT2D eigenvalue weighted by atomic mass is 9.99. The Balaban J connectivity index is 1.35. The van der Waals surface area contributed by atoms with Gasteiger partial charge in [0, 0.05) is 37.8 Å². The number of rotatable bonds is 5. The van der Waals surface area contributed by atoms with Crippen molar-refractivity contribution < 1.29 is 14.0 Å². The van der Waals surface area contributed by atoms with Crippen molar-refractivity contribution in [2.24, 2.45) is 0 Å². The van der Waals surface area contributed by atoms with Crippen molar-refractivity contribution in [2.45, 2.75) is 32.7 Å². The second kappa shape index (κ2) is 9.18. The number of Topliss-reactive ketones (excluding diaryl/α,β-unsaturated/α-hetero) is 1. The number of carbonyl (C=O) groups is 2. The van der Waals surface area contributed by atoms with Crippen LogP contribution < -0.4 is 4.90 Å². The molecule has 4 rings (SSSR count). The van der Waals surface area contributed by atoms with E-state index in [1.807, 2.05) is 9.80 Å². The summed E-state index contributed by atoms with van der Waals surface area (Å²) >= 11 is 0. The van der Waals surface area contributed by atoms with Gasteiger partial charge in [-0.15, -0.1) is 0 Å². The molecule has 2 aromatic rings. The van der Waals surface area contributed by atoms with Gasteiger partial charge in [-0.25, -0.2) is 4.39 Å². The van der Waals surface area contributed by atoms with Crippen LogP contribution in [0.5, 0.6) is 0 Å². The van der Waals surface area contributed by atoms with E-state index in [0.717, 1.165) is 19.4 Å². The van der Waals surface area contributed by atoms with Crippen LogP contribution in [0, 0.1) is 12.7 Å². The fourth-order valence-electron chi connectivity index (χ4n) is 4.78. The predicted molar refractivity (Wildman–Crippen MR) is 120 cm³/mol. The van der Waals surface area contributed by atoms with E-state index in [9.17, 15) is 14.0 Å². The molecular weight excluding hydrogens is 393 g/mol. The Morgan fingerprint density at radius 3 is 2.45 bits per heavy atom. The summed E-state index contributed by atoms with van der Waals surface area (Å²) in [6.07, 6.45) is 2.19. The highest BCUT2D eigenvalue weighted by Gasteiger charge is 2.31. The molecule has 31 heavy (non-hydrogen) atoms. The van der Waals surface area contributed by atoms with Gasteiger partial charge in [0.1, 0.15) is 5.82 Å². The molecule has 0 aromatic heterocycles. The molecule has 2 heterocycles. The van der Waals surface area contributed by atoms with E-state index in [1.54, 1.807) is 12.1 Å². The minimum atomic E-state index is -0.384. The molecule has 0 saturated carbocycles. The fourth-order valence-corrected chi connectivity index (χ4v) is 4.78. The molecular formula is C25H30FN3O2. The zero-order valence-corrected chi connectivity index (χ0v) is 18.3. The molecule has 2 fully saturated rings. The van der Waals surface area contributed by atoms with Gasteiger partial charge >= 0.3 is 0 Å². The van der Waals surface area contributed by atoms with Gasteiger partial charge in [-0.2, -0.15) is 0 Å². The van der Waals surface area contributed by atoms with Crippen LogP contribution in [0.3, 0.4) is 0 Å². The summed E-state index contributed by atoms with van der Waals surface area (Å²) in [6.45, 7) is 7.27. The highest BCUT2D eigenvalue weighted by atomic mass is 19.1. The average molecular weight is 424 g/mol. The van der Waals surface area contributed by atoms with Crippen LogP contribution in [0.15, 0.2) is 42.5 Å². The Bertz CT molecular complexity index is 969. The topological polar surface area (TPSA) is 43.9 Å². The summed E-state index contributed by atoms with van der Waals surface area (Å²) in [4.78, 5) is 30.6. The fraction of sp³-hybridized carbons (Fsp3) is 0.440. The Hall–Kier alpha value is -2.73. The smallest absolute Gasteiger partial charge is 0.236 e. The normalized spacial score (nSPS) is 19.6. The SMILES string of the molecule is CC(=O)c1ccc(N2CCN(C(=O)CN3CCCC3c3ccccc3C)CC2)c(F)c1. The minimum absolute atomic E-state index is 0.146. The van der Waals surface area contributed by atoms with Crippen LogP contribution in [0.25, 0.3) is 0 Å². The molecule has 0 bridgehead atoms. The predicted octanol–water partition coefficient (Wildman–Crippen LogP) is 3.82. The first kappa shape index (κ1) is 21.5. The van der Waals surface area contributed by atoms with Crippen molar-refractivity contribution in [1.29, 1.82) is 0 Å². The Labute approximate surface area is 183 Å². The molecule has 2 aromatic carbocycles. The lowest BCUT2D eigenvalue weighted by molar-refractivity contribution is -0.133. The molecule has 1 amide bonds. The van der Waals surface area contributed by atoms with Crippen molar-refractivity contribution >= 4 is 17.4 Å². The third-order valence-corrected chi connectivity index (χ3v) is 6.58. The number of anilines is 1. The molecule has 1 unspecified atom stereocenters. The van der Waals surface area contributed by atoms with Gasteiger partial charge in [0.2, 0.25) is 5.91 Å². The van der Waals surface area contributed by atoms with Crippen molar-refractivity contribution in [3.8, 4) is 0 Å². The molecule has 6 heteroatoms. The molecule has 0 N–H and O–H groups in total. The molecule has 0 radical (unpaired) electrons. The van der Waals surface area contributed by atoms with Gasteiger partial charge in [-0.05, 0) is 62.6 Å². The highest BCUT2D eigenvalue weighted by Crippen LogP contribution is 2.33. The van der Waals surface area contributed by atoms with Crippen LogP contribution in [-0.4, -0.2) is 60.8 Å². The molecule has 164 valence electrons. The molecule has 2 aliphatic rings. The summed E-state index contributed by atoms with van der Waals surface area (Å²) in [5.74, 6) is -0.384.